The van der Waals surface area contributed by atoms with Gasteiger partial charge in [0.2, 0.25) is 0 Å². The summed E-state index contributed by atoms with van der Waals surface area (Å²) in [5.74, 6) is 0. The molecule has 0 aliphatic carbocycles. The highest BCUT2D eigenvalue weighted by Gasteiger charge is 2.55. The SMILES string of the molecule is CO[C@@H]1C(COC=O)O[C@@H](O[C@H]2C(O)C(O)[C@H](O[C@@H]3C(COC=O)O[C@@H](O[C@H]4C(O)C(O)[C@H](O)O[C@H]4COC=O)C(O)[C@@H]3O)O[C@H]2COC=O)C(O)[C@H]1O. The minimum Gasteiger partial charge on any atom is -0.465 e. The Morgan fingerprint density at radius 1 is 0.407 bits per heavy atom. The molecule has 20 atom stereocenters. The largest absolute Gasteiger partial charge is 0.465 e. The van der Waals surface area contributed by atoms with Crippen LogP contribution >= 0.6 is 0 Å². The highest BCUT2D eigenvalue weighted by Crippen LogP contribution is 2.34. The van der Waals surface area contributed by atoms with Crippen LogP contribution in [0.4, 0.5) is 0 Å². The molecule has 0 aromatic heterocycles. The molecule has 4 rings (SSSR count). The summed E-state index contributed by atoms with van der Waals surface area (Å²) in [4.78, 5) is 43.7. The molecule has 0 radical (unpaired) electrons. The van der Waals surface area contributed by atoms with Gasteiger partial charge in [0.25, 0.3) is 25.9 Å². The number of hydrogen-bond donors (Lipinski definition) is 9. The molecule has 25 nitrogen and oxygen atoms in total. The van der Waals surface area contributed by atoms with Gasteiger partial charge in [-0.05, 0) is 0 Å². The Morgan fingerprint density at radius 2 is 0.685 bits per heavy atom. The van der Waals surface area contributed by atoms with Crippen LogP contribution in [0, 0.1) is 0 Å². The van der Waals surface area contributed by atoms with Crippen LogP contribution in [0.3, 0.4) is 0 Å². The van der Waals surface area contributed by atoms with E-state index in [0.717, 1.165) is 0 Å². The number of carbonyl (C=O) groups excluding carboxylic acids is 4. The molecule has 25 heteroatoms. The number of carbonyl (C=O) groups is 4. The Hall–Kier alpha value is -2.80. The number of aliphatic hydroxyl groups is 9. The molecule has 0 aromatic rings. The van der Waals surface area contributed by atoms with Gasteiger partial charge in [0, 0.05) is 7.11 Å². The van der Waals surface area contributed by atoms with Gasteiger partial charge in [-0.1, -0.05) is 0 Å². The van der Waals surface area contributed by atoms with Gasteiger partial charge in [0.15, 0.2) is 25.2 Å². The topological polar surface area (TPSA) is 361 Å². The van der Waals surface area contributed by atoms with Crippen LogP contribution in [0.1, 0.15) is 0 Å². The number of aliphatic hydroxyl groups excluding tert-OH is 9. The van der Waals surface area contributed by atoms with E-state index >= 15 is 0 Å². The molecule has 0 spiro atoms. The Bertz CT molecular complexity index is 1180. The molecule has 4 fully saturated rings. The number of hydrogen-bond acceptors (Lipinski definition) is 25. The van der Waals surface area contributed by atoms with Crippen molar-refractivity contribution >= 4 is 25.9 Å². The van der Waals surface area contributed by atoms with E-state index in [4.69, 9.17) is 52.1 Å². The van der Waals surface area contributed by atoms with Gasteiger partial charge < -0.3 is 103 Å². The zero-order valence-corrected chi connectivity index (χ0v) is 28.2. The summed E-state index contributed by atoms with van der Waals surface area (Å²) < 4.78 is 63.2. The number of ether oxygens (including phenoxy) is 12. The normalized spacial score (nSPS) is 45.4. The van der Waals surface area contributed by atoms with Crippen LogP contribution in [0.15, 0.2) is 0 Å². The number of rotatable bonds is 19. The molecule has 8 unspecified atom stereocenters. The van der Waals surface area contributed by atoms with Crippen molar-refractivity contribution in [1.29, 1.82) is 0 Å². The standard InChI is InChI=1S/C29H44O25/c1-43-22-10(2-44-6-30)49-27(19(39)15(22)35)53-24-12(4-46-8-32)51-29(21(41)17(24)37)54-25-13(5-47-9-33)50-28(20(40)16(25)36)52-23-11(3-45-7-31)48-26(42)18(38)14(23)34/h6-29,34-42H,2-5H2,1H3/t10?,11-,12-,13?,14?,15+,16-,17?,18?,19?,20?,21?,22+,23+,24+,25+,26+,27-,28-,29-/m0/s1. The molecular formula is C29H44O25. The molecular weight excluding hydrogens is 748 g/mol. The van der Waals surface area contributed by atoms with Crippen LogP contribution < -0.4 is 0 Å². The predicted octanol–water partition coefficient (Wildman–Crippen LogP) is -8.37. The summed E-state index contributed by atoms with van der Waals surface area (Å²) in [6, 6.07) is 0. The van der Waals surface area contributed by atoms with Crippen molar-refractivity contribution in [2.24, 2.45) is 0 Å². The van der Waals surface area contributed by atoms with Crippen molar-refractivity contribution in [3.63, 3.8) is 0 Å². The van der Waals surface area contributed by atoms with E-state index in [2.05, 4.69) is 4.74 Å². The van der Waals surface area contributed by atoms with Crippen molar-refractivity contribution in [3.8, 4) is 0 Å². The third-order valence-electron chi connectivity index (χ3n) is 9.04. The van der Waals surface area contributed by atoms with E-state index < -0.39 is 149 Å². The van der Waals surface area contributed by atoms with Gasteiger partial charge in [0.05, 0.1) is 0 Å². The van der Waals surface area contributed by atoms with Gasteiger partial charge >= 0.3 is 0 Å². The lowest BCUT2D eigenvalue weighted by Gasteiger charge is -2.49. The fraction of sp³-hybridized carbons (Fsp3) is 0.862. The first-order chi connectivity index (χ1) is 25.8. The lowest BCUT2D eigenvalue weighted by Crippen LogP contribution is -2.67. The van der Waals surface area contributed by atoms with Crippen LogP contribution in [0.25, 0.3) is 0 Å². The average Bonchev–Trinajstić information content (AvgIpc) is 3.16. The summed E-state index contributed by atoms with van der Waals surface area (Å²) in [5.41, 5.74) is 0. The summed E-state index contributed by atoms with van der Waals surface area (Å²) >= 11 is 0. The average molecular weight is 793 g/mol. The molecule has 4 aliphatic rings. The predicted molar refractivity (Wildman–Crippen MR) is 158 cm³/mol. The third kappa shape index (κ3) is 9.95. The lowest BCUT2D eigenvalue weighted by molar-refractivity contribution is -0.387. The van der Waals surface area contributed by atoms with E-state index in [1.807, 2.05) is 0 Å². The fourth-order valence-electron chi connectivity index (χ4n) is 6.31. The smallest absolute Gasteiger partial charge is 0.293 e. The van der Waals surface area contributed by atoms with Crippen LogP contribution in [-0.4, -0.2) is 228 Å². The summed E-state index contributed by atoms with van der Waals surface area (Å²) in [6.07, 6.45) is -35.4. The van der Waals surface area contributed by atoms with E-state index in [9.17, 15) is 65.1 Å². The molecule has 4 aliphatic heterocycles. The minimum absolute atomic E-state index is 0.00500. The Balaban J connectivity index is 1.52. The molecule has 310 valence electrons. The van der Waals surface area contributed by atoms with Crippen molar-refractivity contribution in [2.45, 2.75) is 123 Å². The van der Waals surface area contributed by atoms with Crippen LogP contribution in [0.2, 0.25) is 0 Å². The molecule has 4 heterocycles. The Labute approximate surface area is 304 Å². The monoisotopic (exact) mass is 792 g/mol. The van der Waals surface area contributed by atoms with E-state index in [0.29, 0.717) is 0 Å². The third-order valence-corrected chi connectivity index (χ3v) is 9.04. The first kappa shape index (κ1) is 43.9. The lowest BCUT2D eigenvalue weighted by atomic mass is 9.95. The van der Waals surface area contributed by atoms with E-state index in [1.54, 1.807) is 0 Å². The zero-order chi connectivity index (χ0) is 39.7. The Morgan fingerprint density at radius 3 is 1.00 bits per heavy atom. The molecule has 0 saturated carbocycles. The maximum atomic E-state index is 11.2. The molecule has 0 bridgehead atoms. The van der Waals surface area contributed by atoms with Gasteiger partial charge in [0.1, 0.15) is 124 Å². The molecule has 0 aromatic carbocycles. The molecule has 9 N–H and O–H groups in total. The highest BCUT2D eigenvalue weighted by atomic mass is 16.8. The van der Waals surface area contributed by atoms with Gasteiger partial charge in [-0.25, -0.2) is 0 Å². The first-order valence-electron chi connectivity index (χ1n) is 16.3. The summed E-state index contributed by atoms with van der Waals surface area (Å²) in [7, 11) is 1.19. The van der Waals surface area contributed by atoms with Gasteiger partial charge in [-0.15, -0.1) is 0 Å². The van der Waals surface area contributed by atoms with E-state index in [1.165, 1.54) is 7.11 Å². The van der Waals surface area contributed by atoms with Gasteiger partial charge in [-0.2, -0.15) is 0 Å². The van der Waals surface area contributed by atoms with Crippen molar-refractivity contribution < 1.29 is 122 Å². The van der Waals surface area contributed by atoms with Crippen LogP contribution in [-0.2, 0) is 76.0 Å². The van der Waals surface area contributed by atoms with E-state index in [-0.39, 0.29) is 25.9 Å². The second kappa shape index (κ2) is 20.4. The molecule has 0 amide bonds. The minimum atomic E-state index is -2.10. The fourth-order valence-corrected chi connectivity index (χ4v) is 6.31. The second-order valence-corrected chi connectivity index (χ2v) is 12.3. The maximum absolute atomic E-state index is 11.2. The van der Waals surface area contributed by atoms with Crippen molar-refractivity contribution in [1.82, 2.24) is 0 Å². The van der Waals surface area contributed by atoms with Crippen molar-refractivity contribution in [2.75, 3.05) is 33.5 Å². The molecule has 4 saturated heterocycles. The zero-order valence-electron chi connectivity index (χ0n) is 28.2. The Kier molecular flexibility index (Phi) is 16.6. The molecule has 54 heavy (non-hydrogen) atoms. The summed E-state index contributed by atoms with van der Waals surface area (Å²) in [6.45, 7) is -2.37. The summed E-state index contributed by atoms with van der Waals surface area (Å²) in [5, 5.41) is 96.4. The highest BCUT2D eigenvalue weighted by molar-refractivity contribution is 5.37. The maximum Gasteiger partial charge on any atom is 0.293 e. The van der Waals surface area contributed by atoms with Gasteiger partial charge in [-0.3, -0.25) is 19.2 Å². The number of methoxy groups -OCH3 is 1. The van der Waals surface area contributed by atoms with Crippen LogP contribution in [0.5, 0.6) is 0 Å². The first-order valence-corrected chi connectivity index (χ1v) is 16.3. The van der Waals surface area contributed by atoms with Crippen molar-refractivity contribution in [3.05, 3.63) is 0 Å². The second-order valence-electron chi connectivity index (χ2n) is 12.3. The quantitative estimate of drug-likeness (QED) is 0.0433.